The third-order valence-corrected chi connectivity index (χ3v) is 2.41. The van der Waals surface area contributed by atoms with E-state index in [1.807, 2.05) is 0 Å². The highest BCUT2D eigenvalue weighted by Gasteiger charge is 2.12. The summed E-state index contributed by atoms with van der Waals surface area (Å²) in [6, 6.07) is 0. The van der Waals surface area contributed by atoms with Crippen LogP contribution in [0.4, 0.5) is 0 Å². The predicted molar refractivity (Wildman–Crippen MR) is 53.1 cm³/mol. The first kappa shape index (κ1) is 10.8. The third-order valence-electron chi connectivity index (χ3n) is 2.06. The maximum atomic E-state index is 10.7. The molecule has 2 heterocycles. The van der Waals surface area contributed by atoms with Crippen molar-refractivity contribution in [1.82, 2.24) is 14.6 Å². The summed E-state index contributed by atoms with van der Waals surface area (Å²) >= 11 is 5.77. The van der Waals surface area contributed by atoms with Crippen molar-refractivity contribution in [3.63, 3.8) is 0 Å². The number of carboxylic acid groups (broad SMARTS) is 1. The van der Waals surface area contributed by atoms with E-state index in [4.69, 9.17) is 16.7 Å². The Hall–Kier alpha value is -1.66. The largest absolute Gasteiger partial charge is 0.543 e. The topological polar surface area (TPSA) is 90.5 Å². The summed E-state index contributed by atoms with van der Waals surface area (Å²) in [6.45, 7) is -0.0183. The highest BCUT2D eigenvalue weighted by Crippen LogP contribution is 2.19. The lowest BCUT2D eigenvalue weighted by molar-refractivity contribution is -0.255. The van der Waals surface area contributed by atoms with Crippen molar-refractivity contribution < 1.29 is 15.0 Å². The Balaban J connectivity index is 2.58. The van der Waals surface area contributed by atoms with E-state index >= 15 is 0 Å². The number of aromatic carboxylic acids is 1. The van der Waals surface area contributed by atoms with Crippen LogP contribution in [0.15, 0.2) is 12.4 Å². The summed E-state index contributed by atoms with van der Waals surface area (Å²) < 4.78 is 1.26. The zero-order valence-corrected chi connectivity index (χ0v) is 8.81. The normalized spacial score (nSPS) is 10.9. The van der Waals surface area contributed by atoms with Gasteiger partial charge in [-0.1, -0.05) is 11.6 Å². The molecule has 0 bridgehead atoms. The highest BCUT2D eigenvalue weighted by atomic mass is 35.5. The van der Waals surface area contributed by atoms with Crippen molar-refractivity contribution in [2.75, 3.05) is 6.61 Å². The molecule has 0 aliphatic heterocycles. The smallest absolute Gasteiger partial charge is 0.174 e. The first-order valence-corrected chi connectivity index (χ1v) is 4.86. The Morgan fingerprint density at radius 3 is 3.00 bits per heavy atom. The number of halogens is 1. The quantitative estimate of drug-likeness (QED) is 0.765. The van der Waals surface area contributed by atoms with Gasteiger partial charge in [0, 0.05) is 19.0 Å². The number of carbonyl (C=O) groups excluding carboxylic acids is 1. The second-order valence-electron chi connectivity index (χ2n) is 3.15. The van der Waals surface area contributed by atoms with Crippen molar-refractivity contribution in [1.29, 1.82) is 0 Å². The Morgan fingerprint density at radius 2 is 2.38 bits per heavy atom. The van der Waals surface area contributed by atoms with Gasteiger partial charge < -0.3 is 15.0 Å². The fourth-order valence-electron chi connectivity index (χ4n) is 1.33. The molecule has 0 atom stereocenters. The summed E-state index contributed by atoms with van der Waals surface area (Å²) in [5.41, 5.74) is 0.650. The summed E-state index contributed by atoms with van der Waals surface area (Å²) in [7, 11) is 0. The van der Waals surface area contributed by atoms with Gasteiger partial charge in [0.2, 0.25) is 0 Å². The fraction of sp³-hybridized carbons (Fsp3) is 0.222. The lowest BCUT2D eigenvalue weighted by Gasteiger charge is -1.97. The number of fused-ring (bicyclic) bond motifs is 1. The SMILES string of the molecule is O=C([O-])c1nn2cc(CCO)cnc2c1Cl. The van der Waals surface area contributed by atoms with Crippen molar-refractivity contribution in [2.24, 2.45) is 0 Å². The Morgan fingerprint density at radius 1 is 1.62 bits per heavy atom. The summed E-state index contributed by atoms with van der Waals surface area (Å²) in [4.78, 5) is 14.6. The number of carbonyl (C=O) groups is 1. The van der Waals surface area contributed by atoms with Gasteiger partial charge in [-0.25, -0.2) is 9.50 Å². The lowest BCUT2D eigenvalue weighted by atomic mass is 10.2. The Kier molecular flexibility index (Phi) is 2.76. The Bertz CT molecular complexity index is 552. The summed E-state index contributed by atoms with van der Waals surface area (Å²) in [6.07, 6.45) is 3.50. The molecular formula is C9H7ClN3O3-. The minimum atomic E-state index is -1.45. The van der Waals surface area contributed by atoms with Crippen molar-refractivity contribution in [3.8, 4) is 0 Å². The molecule has 0 aromatic carbocycles. The molecule has 0 fully saturated rings. The molecule has 16 heavy (non-hydrogen) atoms. The zero-order valence-electron chi connectivity index (χ0n) is 8.05. The van der Waals surface area contributed by atoms with Gasteiger partial charge >= 0.3 is 0 Å². The van der Waals surface area contributed by atoms with E-state index in [1.165, 1.54) is 10.7 Å². The molecule has 0 saturated heterocycles. The average Bonchev–Trinajstić information content (AvgIpc) is 2.56. The number of aliphatic hydroxyl groups excluding tert-OH is 1. The Labute approximate surface area is 95.1 Å². The molecule has 2 aromatic rings. The molecule has 0 amide bonds. The maximum absolute atomic E-state index is 10.7. The molecule has 2 aromatic heterocycles. The van der Waals surface area contributed by atoms with E-state index in [1.54, 1.807) is 6.20 Å². The maximum Gasteiger partial charge on any atom is 0.174 e. The van der Waals surface area contributed by atoms with Crippen LogP contribution in [0, 0.1) is 0 Å². The standard InChI is InChI=1S/C9H8ClN3O3/c10-6-7(9(15)16)12-13-4-5(1-2-14)3-11-8(6)13/h3-4,14H,1-2H2,(H,15,16)/p-1. The zero-order chi connectivity index (χ0) is 11.7. The van der Waals surface area contributed by atoms with Crippen LogP contribution in [-0.4, -0.2) is 32.3 Å². The van der Waals surface area contributed by atoms with Gasteiger partial charge in [-0.2, -0.15) is 5.10 Å². The number of aromatic nitrogens is 3. The molecule has 0 spiro atoms. The van der Waals surface area contributed by atoms with Gasteiger partial charge in [-0.05, 0) is 12.0 Å². The van der Waals surface area contributed by atoms with E-state index in [0.717, 1.165) is 5.56 Å². The minimum absolute atomic E-state index is 0.0183. The lowest BCUT2D eigenvalue weighted by Crippen LogP contribution is -2.23. The molecule has 1 N–H and O–H groups in total. The third kappa shape index (κ3) is 1.72. The number of rotatable bonds is 3. The molecule has 0 aliphatic carbocycles. The molecule has 84 valence electrons. The van der Waals surface area contributed by atoms with Gasteiger partial charge in [0.05, 0.1) is 5.97 Å². The van der Waals surface area contributed by atoms with Gasteiger partial charge in [-0.15, -0.1) is 0 Å². The van der Waals surface area contributed by atoms with Gasteiger partial charge in [0.15, 0.2) is 5.65 Å². The van der Waals surface area contributed by atoms with Crippen molar-refractivity contribution in [2.45, 2.75) is 6.42 Å². The van der Waals surface area contributed by atoms with Crippen LogP contribution in [0.2, 0.25) is 5.02 Å². The van der Waals surface area contributed by atoms with Crippen LogP contribution in [0.3, 0.4) is 0 Å². The molecule has 0 saturated carbocycles. The van der Waals surface area contributed by atoms with E-state index in [9.17, 15) is 9.90 Å². The molecule has 0 radical (unpaired) electrons. The van der Waals surface area contributed by atoms with E-state index in [-0.39, 0.29) is 23.0 Å². The van der Waals surface area contributed by atoms with Gasteiger partial charge in [0.1, 0.15) is 10.7 Å². The number of hydrogen-bond acceptors (Lipinski definition) is 5. The van der Waals surface area contributed by atoms with E-state index in [2.05, 4.69) is 10.1 Å². The van der Waals surface area contributed by atoms with Gasteiger partial charge in [-0.3, -0.25) is 0 Å². The number of nitrogens with zero attached hydrogens (tertiary/aromatic N) is 3. The molecule has 2 rings (SSSR count). The van der Waals surface area contributed by atoms with Gasteiger partial charge in [0.25, 0.3) is 0 Å². The van der Waals surface area contributed by atoms with Crippen LogP contribution in [0.5, 0.6) is 0 Å². The van der Waals surface area contributed by atoms with Crippen LogP contribution in [-0.2, 0) is 6.42 Å². The molecule has 7 heteroatoms. The molecule has 6 nitrogen and oxygen atoms in total. The number of hydrogen-bond donors (Lipinski definition) is 1. The summed E-state index contributed by atoms with van der Waals surface area (Å²) in [5.74, 6) is -1.45. The average molecular weight is 241 g/mol. The first-order valence-electron chi connectivity index (χ1n) is 4.48. The van der Waals surface area contributed by atoms with Crippen molar-refractivity contribution >= 4 is 23.2 Å². The minimum Gasteiger partial charge on any atom is -0.543 e. The predicted octanol–water partition coefficient (Wildman–Crippen LogP) is -0.719. The van der Waals surface area contributed by atoms with Crippen LogP contribution < -0.4 is 5.11 Å². The first-order chi connectivity index (χ1) is 7.63. The number of aliphatic hydroxyl groups is 1. The molecule has 0 aliphatic rings. The molecule has 0 unspecified atom stereocenters. The van der Waals surface area contributed by atoms with E-state index in [0.29, 0.717) is 6.42 Å². The second-order valence-corrected chi connectivity index (χ2v) is 3.53. The van der Waals surface area contributed by atoms with Crippen LogP contribution >= 0.6 is 11.6 Å². The van der Waals surface area contributed by atoms with Crippen LogP contribution in [0.1, 0.15) is 16.1 Å². The second kappa shape index (κ2) is 4.07. The fourth-order valence-corrected chi connectivity index (χ4v) is 1.58. The summed E-state index contributed by atoms with van der Waals surface area (Å²) in [5, 5.41) is 23.1. The monoisotopic (exact) mass is 240 g/mol. The number of carboxylic acids is 1. The highest BCUT2D eigenvalue weighted by molar-refractivity contribution is 6.36. The molecular weight excluding hydrogens is 234 g/mol. The van der Waals surface area contributed by atoms with E-state index < -0.39 is 5.97 Å². The van der Waals surface area contributed by atoms with Crippen molar-refractivity contribution in [3.05, 3.63) is 28.7 Å². The van der Waals surface area contributed by atoms with Crippen LogP contribution in [0.25, 0.3) is 5.65 Å².